The summed E-state index contributed by atoms with van der Waals surface area (Å²) in [7, 11) is 0. The Morgan fingerprint density at radius 1 is 1.05 bits per heavy atom. The molecule has 1 aromatic heterocycles. The standard InChI is InChI=1S/C14H11F2N5/c1-8-2-3-9(17)6-11(8)14-18-19-20-21(14)10-4-5-12(15)13(16)7-10/h2-7H,17H2,1H3. The van der Waals surface area contributed by atoms with Gasteiger partial charge in [0.2, 0.25) is 0 Å². The van der Waals surface area contributed by atoms with Crippen molar-refractivity contribution in [2.24, 2.45) is 0 Å². The zero-order chi connectivity index (χ0) is 15.0. The van der Waals surface area contributed by atoms with Crippen LogP contribution in [0.15, 0.2) is 36.4 Å². The van der Waals surface area contributed by atoms with Gasteiger partial charge >= 0.3 is 0 Å². The summed E-state index contributed by atoms with van der Waals surface area (Å²) in [5, 5.41) is 11.4. The van der Waals surface area contributed by atoms with Gasteiger partial charge in [-0.25, -0.2) is 8.78 Å². The monoisotopic (exact) mass is 287 g/mol. The third-order valence-electron chi connectivity index (χ3n) is 3.12. The Labute approximate surface area is 119 Å². The number of hydrogen-bond donors (Lipinski definition) is 1. The van der Waals surface area contributed by atoms with Gasteiger partial charge in [0.15, 0.2) is 17.5 Å². The van der Waals surface area contributed by atoms with Gasteiger partial charge in [-0.2, -0.15) is 4.68 Å². The van der Waals surface area contributed by atoms with Crippen LogP contribution in [0.1, 0.15) is 5.56 Å². The number of anilines is 1. The number of nitrogens with zero attached hydrogens (tertiary/aromatic N) is 4. The van der Waals surface area contributed by atoms with Gasteiger partial charge in [0.25, 0.3) is 0 Å². The maximum Gasteiger partial charge on any atom is 0.187 e. The molecule has 21 heavy (non-hydrogen) atoms. The summed E-state index contributed by atoms with van der Waals surface area (Å²) in [4.78, 5) is 0. The lowest BCUT2D eigenvalue weighted by molar-refractivity contribution is 0.507. The van der Waals surface area contributed by atoms with Crippen molar-refractivity contribution in [1.29, 1.82) is 0 Å². The zero-order valence-electron chi connectivity index (χ0n) is 11.1. The number of hydrogen-bond acceptors (Lipinski definition) is 4. The van der Waals surface area contributed by atoms with Crippen LogP contribution >= 0.6 is 0 Å². The lowest BCUT2D eigenvalue weighted by atomic mass is 10.1. The van der Waals surface area contributed by atoms with Crippen LogP contribution in [0.4, 0.5) is 14.5 Å². The number of benzene rings is 2. The van der Waals surface area contributed by atoms with Crippen LogP contribution < -0.4 is 5.73 Å². The number of halogens is 2. The predicted octanol–water partition coefficient (Wildman–Crippen LogP) is 2.50. The highest BCUT2D eigenvalue weighted by atomic mass is 19.2. The third-order valence-corrected chi connectivity index (χ3v) is 3.12. The molecule has 0 spiro atoms. The van der Waals surface area contributed by atoms with Crippen LogP contribution in [0.2, 0.25) is 0 Å². The van der Waals surface area contributed by atoms with Gasteiger partial charge in [-0.05, 0) is 47.2 Å². The van der Waals surface area contributed by atoms with Crippen molar-refractivity contribution in [2.45, 2.75) is 6.92 Å². The van der Waals surface area contributed by atoms with Crippen molar-refractivity contribution < 1.29 is 8.78 Å². The minimum Gasteiger partial charge on any atom is -0.399 e. The number of aryl methyl sites for hydroxylation is 1. The molecule has 5 nitrogen and oxygen atoms in total. The first-order valence-corrected chi connectivity index (χ1v) is 6.16. The van der Waals surface area contributed by atoms with Gasteiger partial charge in [-0.1, -0.05) is 6.07 Å². The van der Waals surface area contributed by atoms with Gasteiger partial charge in [-0.3, -0.25) is 0 Å². The minimum absolute atomic E-state index is 0.329. The molecule has 1 heterocycles. The number of nitrogen functional groups attached to an aromatic ring is 1. The second kappa shape index (κ2) is 4.93. The van der Waals surface area contributed by atoms with Gasteiger partial charge in [0.05, 0.1) is 5.69 Å². The summed E-state index contributed by atoms with van der Waals surface area (Å²) in [6.45, 7) is 1.89. The minimum atomic E-state index is -0.960. The number of tetrazole rings is 1. The normalized spacial score (nSPS) is 10.8. The third kappa shape index (κ3) is 2.33. The summed E-state index contributed by atoms with van der Waals surface area (Å²) < 4.78 is 27.7. The zero-order valence-corrected chi connectivity index (χ0v) is 11.1. The highest BCUT2D eigenvalue weighted by Crippen LogP contribution is 2.25. The highest BCUT2D eigenvalue weighted by molar-refractivity contribution is 5.66. The van der Waals surface area contributed by atoms with Crippen LogP contribution in [0, 0.1) is 18.6 Å². The summed E-state index contributed by atoms with van der Waals surface area (Å²) in [6.07, 6.45) is 0. The molecule has 0 fully saturated rings. The molecule has 0 radical (unpaired) electrons. The van der Waals surface area contributed by atoms with E-state index in [2.05, 4.69) is 15.5 Å². The molecular formula is C14H11F2N5. The molecule has 3 rings (SSSR count). The maximum absolute atomic E-state index is 13.4. The Morgan fingerprint density at radius 2 is 1.86 bits per heavy atom. The first kappa shape index (κ1) is 13.2. The van der Waals surface area contributed by atoms with Crippen LogP contribution in [-0.4, -0.2) is 20.2 Å². The fourth-order valence-corrected chi connectivity index (χ4v) is 2.03. The van der Waals surface area contributed by atoms with Gasteiger partial charge in [0.1, 0.15) is 0 Å². The Hall–Kier alpha value is -2.83. The molecule has 2 N–H and O–H groups in total. The molecule has 0 aliphatic heterocycles. The summed E-state index contributed by atoms with van der Waals surface area (Å²) in [5.41, 5.74) is 8.32. The average molecular weight is 287 g/mol. The second-order valence-electron chi connectivity index (χ2n) is 4.59. The number of aromatic nitrogens is 4. The average Bonchev–Trinajstić information content (AvgIpc) is 2.93. The SMILES string of the molecule is Cc1ccc(N)cc1-c1nnnn1-c1ccc(F)c(F)c1. The predicted molar refractivity (Wildman–Crippen MR) is 73.7 cm³/mol. The molecule has 0 amide bonds. The maximum atomic E-state index is 13.4. The fraction of sp³-hybridized carbons (Fsp3) is 0.0714. The summed E-state index contributed by atoms with van der Waals surface area (Å²) >= 11 is 0. The summed E-state index contributed by atoms with van der Waals surface area (Å²) in [6, 6.07) is 8.82. The Morgan fingerprint density at radius 3 is 2.62 bits per heavy atom. The number of nitrogens with two attached hydrogens (primary N) is 1. The first-order valence-electron chi connectivity index (χ1n) is 6.16. The van der Waals surface area contributed by atoms with Crippen molar-refractivity contribution in [3.05, 3.63) is 53.6 Å². The molecule has 2 aromatic carbocycles. The van der Waals surface area contributed by atoms with E-state index in [-0.39, 0.29) is 0 Å². The molecule has 0 aliphatic rings. The number of rotatable bonds is 2. The van der Waals surface area contributed by atoms with Crippen LogP contribution in [0.3, 0.4) is 0 Å². The largest absolute Gasteiger partial charge is 0.399 e. The molecule has 106 valence electrons. The van der Waals surface area contributed by atoms with E-state index in [0.29, 0.717) is 17.2 Å². The van der Waals surface area contributed by atoms with E-state index in [1.54, 1.807) is 12.1 Å². The smallest absolute Gasteiger partial charge is 0.187 e. The molecule has 0 aliphatic carbocycles. The lowest BCUT2D eigenvalue weighted by Crippen LogP contribution is -2.02. The summed E-state index contributed by atoms with van der Waals surface area (Å²) in [5.74, 6) is -1.47. The van der Waals surface area contributed by atoms with E-state index < -0.39 is 11.6 Å². The van der Waals surface area contributed by atoms with Crippen LogP contribution in [0.5, 0.6) is 0 Å². The molecule has 0 unspecified atom stereocenters. The van der Waals surface area contributed by atoms with Crippen molar-refractivity contribution in [1.82, 2.24) is 20.2 Å². The van der Waals surface area contributed by atoms with Crippen molar-refractivity contribution >= 4 is 5.69 Å². The van der Waals surface area contributed by atoms with Gasteiger partial charge in [-0.15, -0.1) is 5.10 Å². The van der Waals surface area contributed by atoms with E-state index >= 15 is 0 Å². The van der Waals surface area contributed by atoms with Crippen molar-refractivity contribution in [3.63, 3.8) is 0 Å². The second-order valence-corrected chi connectivity index (χ2v) is 4.59. The van der Waals surface area contributed by atoms with Gasteiger partial charge < -0.3 is 5.73 Å². The lowest BCUT2D eigenvalue weighted by Gasteiger charge is -2.08. The van der Waals surface area contributed by atoms with Crippen LogP contribution in [0.25, 0.3) is 17.1 Å². The molecule has 0 saturated carbocycles. The molecule has 0 bridgehead atoms. The van der Waals surface area contributed by atoms with Crippen molar-refractivity contribution in [2.75, 3.05) is 5.73 Å². The van der Waals surface area contributed by atoms with E-state index in [9.17, 15) is 8.78 Å². The Bertz CT molecular complexity index is 813. The first-order chi connectivity index (χ1) is 10.1. The van der Waals surface area contributed by atoms with E-state index in [0.717, 1.165) is 23.3 Å². The topological polar surface area (TPSA) is 69.6 Å². The van der Waals surface area contributed by atoms with E-state index in [1.807, 2.05) is 13.0 Å². The highest BCUT2D eigenvalue weighted by Gasteiger charge is 2.14. The van der Waals surface area contributed by atoms with Crippen LogP contribution in [-0.2, 0) is 0 Å². The fourth-order valence-electron chi connectivity index (χ4n) is 2.03. The van der Waals surface area contributed by atoms with Gasteiger partial charge in [0, 0.05) is 17.3 Å². The quantitative estimate of drug-likeness (QED) is 0.735. The Kier molecular flexibility index (Phi) is 3.09. The molecule has 0 atom stereocenters. The molecule has 0 saturated heterocycles. The molecule has 7 heteroatoms. The molecular weight excluding hydrogens is 276 g/mol. The van der Waals surface area contributed by atoms with E-state index in [1.165, 1.54) is 10.7 Å². The molecule has 3 aromatic rings. The Balaban J connectivity index is 2.17. The van der Waals surface area contributed by atoms with E-state index in [4.69, 9.17) is 5.73 Å². The van der Waals surface area contributed by atoms with Crippen molar-refractivity contribution in [3.8, 4) is 17.1 Å².